The van der Waals surface area contributed by atoms with Crippen LogP contribution in [0.4, 0.5) is 0 Å². The van der Waals surface area contributed by atoms with Gasteiger partial charge in [0, 0.05) is 17.2 Å². The zero-order valence-corrected chi connectivity index (χ0v) is 11.4. The van der Waals surface area contributed by atoms with Crippen molar-refractivity contribution in [3.05, 3.63) is 35.9 Å². The van der Waals surface area contributed by atoms with Gasteiger partial charge < -0.3 is 20.3 Å². The summed E-state index contributed by atoms with van der Waals surface area (Å²) >= 11 is 0. The van der Waals surface area contributed by atoms with Gasteiger partial charge in [-0.1, -0.05) is 24.3 Å². The Morgan fingerprint density at radius 3 is 2.55 bits per heavy atom. The largest absolute Gasteiger partial charge is 0.496 e. The van der Waals surface area contributed by atoms with Gasteiger partial charge in [-0.05, 0) is 11.6 Å². The van der Waals surface area contributed by atoms with Crippen molar-refractivity contribution in [2.45, 2.75) is 12.5 Å². The molecule has 106 valence electrons. The molecule has 0 saturated heterocycles. The number of benzene rings is 2. The number of carboxylic acid groups (broad SMARTS) is 1. The van der Waals surface area contributed by atoms with E-state index in [2.05, 4.69) is 0 Å². The van der Waals surface area contributed by atoms with E-state index in [-0.39, 0.29) is 6.42 Å². The minimum absolute atomic E-state index is 0.214. The Labute approximate surface area is 116 Å². The highest BCUT2D eigenvalue weighted by atomic mass is 16.5. The smallest absolute Gasteiger partial charge is 0.320 e. The summed E-state index contributed by atoms with van der Waals surface area (Å²) in [7, 11) is 3.17. The fraction of sp³-hybridized carbons (Fsp3) is 0.267. The lowest BCUT2D eigenvalue weighted by molar-refractivity contribution is -0.138. The number of ether oxygens (including phenoxy) is 2. The van der Waals surface area contributed by atoms with Crippen LogP contribution in [0.15, 0.2) is 30.3 Å². The number of hydrogen-bond donors (Lipinski definition) is 2. The molecule has 1 unspecified atom stereocenters. The molecule has 5 heteroatoms. The summed E-state index contributed by atoms with van der Waals surface area (Å²) in [6, 6.07) is 8.40. The molecule has 2 rings (SSSR count). The third-order valence-electron chi connectivity index (χ3n) is 3.23. The number of carbonyl (C=O) groups is 1. The van der Waals surface area contributed by atoms with E-state index in [1.165, 1.54) is 0 Å². The van der Waals surface area contributed by atoms with Crippen LogP contribution in [0, 0.1) is 0 Å². The Balaban J connectivity index is 2.55. The SMILES string of the molecule is COc1cccc2c(OC)c(CC(N)C(=O)O)ccc12. The van der Waals surface area contributed by atoms with E-state index in [0.29, 0.717) is 5.75 Å². The van der Waals surface area contributed by atoms with Crippen molar-refractivity contribution in [3.63, 3.8) is 0 Å². The van der Waals surface area contributed by atoms with Gasteiger partial charge in [0.15, 0.2) is 0 Å². The first-order valence-corrected chi connectivity index (χ1v) is 6.19. The van der Waals surface area contributed by atoms with Crippen LogP contribution in [0.3, 0.4) is 0 Å². The highest BCUT2D eigenvalue weighted by Gasteiger charge is 2.17. The average molecular weight is 275 g/mol. The van der Waals surface area contributed by atoms with Crippen LogP contribution in [0.2, 0.25) is 0 Å². The molecule has 0 spiro atoms. The summed E-state index contributed by atoms with van der Waals surface area (Å²) < 4.78 is 10.7. The molecule has 0 amide bonds. The second kappa shape index (κ2) is 5.79. The molecular formula is C15H17NO4. The van der Waals surface area contributed by atoms with Gasteiger partial charge in [0.1, 0.15) is 17.5 Å². The van der Waals surface area contributed by atoms with Crippen LogP contribution in [0.1, 0.15) is 5.56 Å². The maximum Gasteiger partial charge on any atom is 0.320 e. The Hall–Kier alpha value is -2.27. The molecule has 0 fully saturated rings. The van der Waals surface area contributed by atoms with Crippen molar-refractivity contribution < 1.29 is 19.4 Å². The minimum Gasteiger partial charge on any atom is -0.496 e. The first kappa shape index (κ1) is 14.1. The highest BCUT2D eigenvalue weighted by Crippen LogP contribution is 2.35. The van der Waals surface area contributed by atoms with Crippen LogP contribution in [-0.4, -0.2) is 31.3 Å². The molecule has 0 aromatic heterocycles. The molecule has 0 radical (unpaired) electrons. The normalized spacial score (nSPS) is 12.2. The average Bonchev–Trinajstić information content (AvgIpc) is 2.45. The fourth-order valence-electron chi connectivity index (χ4n) is 2.25. The lowest BCUT2D eigenvalue weighted by Crippen LogP contribution is -2.32. The first-order chi connectivity index (χ1) is 9.58. The molecule has 2 aromatic rings. The Bertz CT molecular complexity index is 639. The molecule has 3 N–H and O–H groups in total. The number of nitrogens with two attached hydrogens (primary N) is 1. The summed E-state index contributed by atoms with van der Waals surface area (Å²) in [6.45, 7) is 0. The van der Waals surface area contributed by atoms with Crippen molar-refractivity contribution in [1.82, 2.24) is 0 Å². The van der Waals surface area contributed by atoms with Gasteiger partial charge in [-0.3, -0.25) is 4.79 Å². The van der Waals surface area contributed by atoms with E-state index >= 15 is 0 Å². The first-order valence-electron chi connectivity index (χ1n) is 6.19. The summed E-state index contributed by atoms with van der Waals surface area (Å²) in [6.07, 6.45) is 0.214. The Morgan fingerprint density at radius 1 is 1.20 bits per heavy atom. The molecule has 0 bridgehead atoms. The van der Waals surface area contributed by atoms with Crippen LogP contribution in [0.5, 0.6) is 11.5 Å². The van der Waals surface area contributed by atoms with Gasteiger partial charge in [-0.15, -0.1) is 0 Å². The van der Waals surface area contributed by atoms with E-state index in [1.54, 1.807) is 14.2 Å². The van der Waals surface area contributed by atoms with Crippen LogP contribution in [0.25, 0.3) is 10.8 Å². The molecule has 0 saturated carbocycles. The number of aliphatic carboxylic acids is 1. The number of fused-ring (bicyclic) bond motifs is 1. The summed E-state index contributed by atoms with van der Waals surface area (Å²) in [5.74, 6) is 0.353. The topological polar surface area (TPSA) is 81.8 Å². The third kappa shape index (κ3) is 2.53. The van der Waals surface area contributed by atoms with Crippen molar-refractivity contribution in [1.29, 1.82) is 0 Å². The zero-order chi connectivity index (χ0) is 14.7. The van der Waals surface area contributed by atoms with E-state index in [9.17, 15) is 4.79 Å². The van der Waals surface area contributed by atoms with Gasteiger partial charge in [0.05, 0.1) is 14.2 Å². The van der Waals surface area contributed by atoms with Crippen LogP contribution < -0.4 is 15.2 Å². The number of carboxylic acids is 1. The molecule has 0 heterocycles. The molecule has 0 aliphatic carbocycles. The van der Waals surface area contributed by atoms with Crippen LogP contribution >= 0.6 is 0 Å². The molecule has 2 aromatic carbocycles. The Kier molecular flexibility index (Phi) is 4.10. The summed E-state index contributed by atoms with van der Waals surface area (Å²) in [5, 5.41) is 10.7. The molecule has 0 aliphatic rings. The van der Waals surface area contributed by atoms with Gasteiger partial charge in [0.2, 0.25) is 0 Å². The van der Waals surface area contributed by atoms with Crippen molar-refractivity contribution in [3.8, 4) is 11.5 Å². The van der Waals surface area contributed by atoms with E-state index in [1.807, 2.05) is 30.3 Å². The molecular weight excluding hydrogens is 258 g/mol. The predicted molar refractivity (Wildman–Crippen MR) is 76.4 cm³/mol. The van der Waals surface area contributed by atoms with Gasteiger partial charge >= 0.3 is 5.97 Å². The predicted octanol–water partition coefficient (Wildman–Crippen LogP) is 1.81. The van der Waals surface area contributed by atoms with Gasteiger partial charge in [-0.2, -0.15) is 0 Å². The number of rotatable bonds is 5. The molecule has 5 nitrogen and oxygen atoms in total. The van der Waals surface area contributed by atoms with Gasteiger partial charge in [0.25, 0.3) is 0 Å². The molecule has 1 atom stereocenters. The molecule has 0 aliphatic heterocycles. The van der Waals surface area contributed by atoms with Crippen molar-refractivity contribution in [2.24, 2.45) is 5.73 Å². The van der Waals surface area contributed by atoms with Gasteiger partial charge in [-0.25, -0.2) is 0 Å². The number of hydrogen-bond acceptors (Lipinski definition) is 4. The van der Waals surface area contributed by atoms with E-state index in [4.69, 9.17) is 20.3 Å². The second-order valence-electron chi connectivity index (χ2n) is 4.46. The maximum absolute atomic E-state index is 10.9. The van der Waals surface area contributed by atoms with Crippen molar-refractivity contribution in [2.75, 3.05) is 14.2 Å². The fourth-order valence-corrected chi connectivity index (χ4v) is 2.25. The number of methoxy groups -OCH3 is 2. The van der Waals surface area contributed by atoms with Crippen molar-refractivity contribution >= 4 is 16.7 Å². The van der Waals surface area contributed by atoms with Crippen LogP contribution in [-0.2, 0) is 11.2 Å². The minimum atomic E-state index is -1.03. The summed E-state index contributed by atoms with van der Waals surface area (Å²) in [5.41, 5.74) is 6.36. The third-order valence-corrected chi connectivity index (χ3v) is 3.23. The second-order valence-corrected chi connectivity index (χ2v) is 4.46. The standard InChI is InChI=1S/C15H17NO4/c1-19-13-5-3-4-11-10(13)7-6-9(14(11)20-2)8-12(16)15(17)18/h3-7,12H,8,16H2,1-2H3,(H,17,18). The van der Waals surface area contributed by atoms with E-state index in [0.717, 1.165) is 22.1 Å². The lowest BCUT2D eigenvalue weighted by Gasteiger charge is -2.15. The molecule has 20 heavy (non-hydrogen) atoms. The Morgan fingerprint density at radius 2 is 1.95 bits per heavy atom. The zero-order valence-electron chi connectivity index (χ0n) is 11.4. The lowest BCUT2D eigenvalue weighted by atomic mass is 10.00. The maximum atomic E-state index is 10.9. The monoisotopic (exact) mass is 275 g/mol. The summed E-state index contributed by atoms with van der Waals surface area (Å²) in [4.78, 5) is 10.9. The highest BCUT2D eigenvalue weighted by molar-refractivity contribution is 5.94. The quantitative estimate of drug-likeness (QED) is 0.869. The van der Waals surface area contributed by atoms with E-state index < -0.39 is 12.0 Å².